The quantitative estimate of drug-likeness (QED) is 0.428. The molecule has 0 aliphatic carbocycles. The normalized spacial score (nSPS) is 18.5. The maximum absolute atomic E-state index is 11.6. The van der Waals surface area contributed by atoms with Gasteiger partial charge in [0.2, 0.25) is 0 Å². The minimum atomic E-state index is -0.127. The van der Waals surface area contributed by atoms with E-state index in [0.29, 0.717) is 0 Å². The molecular weight excluding hydrogens is 188 g/mol. The molecule has 0 saturated carbocycles. The van der Waals surface area contributed by atoms with Crippen molar-refractivity contribution in [2.75, 3.05) is 0 Å². The van der Waals surface area contributed by atoms with Gasteiger partial charge < -0.3 is 4.74 Å². The summed E-state index contributed by atoms with van der Waals surface area (Å²) >= 11 is 0. The molecule has 1 heterocycles. The van der Waals surface area contributed by atoms with Crippen molar-refractivity contribution in [3.05, 3.63) is 42.0 Å². The first-order valence-corrected chi connectivity index (χ1v) is 5.15. The van der Waals surface area contributed by atoms with E-state index in [0.717, 1.165) is 29.7 Å². The third-order valence-electron chi connectivity index (χ3n) is 2.70. The third kappa shape index (κ3) is 1.80. The maximum Gasteiger partial charge on any atom is 0.318 e. The Balaban J connectivity index is 2.29. The Morgan fingerprint density at radius 1 is 1.53 bits per heavy atom. The maximum atomic E-state index is 11.6. The molecule has 0 amide bonds. The smallest absolute Gasteiger partial charge is 0.318 e. The Morgan fingerprint density at radius 3 is 3.07 bits per heavy atom. The highest BCUT2D eigenvalue weighted by Crippen LogP contribution is 2.37. The first-order valence-electron chi connectivity index (χ1n) is 5.15. The van der Waals surface area contributed by atoms with Gasteiger partial charge in [-0.25, -0.2) is 0 Å². The summed E-state index contributed by atoms with van der Waals surface area (Å²) in [5.74, 6) is 0.505. The Labute approximate surface area is 89.6 Å². The molecule has 0 aromatic heterocycles. The lowest BCUT2D eigenvalue weighted by molar-refractivity contribution is -0.134. The molecule has 1 aliphatic rings. The molecule has 1 aromatic rings. The number of benzene rings is 1. The second kappa shape index (κ2) is 3.89. The first-order chi connectivity index (χ1) is 7.22. The van der Waals surface area contributed by atoms with Crippen molar-refractivity contribution in [1.82, 2.24) is 0 Å². The number of fused-ring (bicyclic) bond motifs is 1. The van der Waals surface area contributed by atoms with Gasteiger partial charge in [0.1, 0.15) is 5.75 Å². The number of carbonyl (C=O) groups excluding carboxylic acids is 1. The number of rotatable bonds is 3. The van der Waals surface area contributed by atoms with Gasteiger partial charge in [0.25, 0.3) is 0 Å². The molecule has 0 N–H and O–H groups in total. The fourth-order valence-electron chi connectivity index (χ4n) is 1.88. The zero-order valence-electron chi connectivity index (χ0n) is 8.82. The number of ether oxygens (including phenoxy) is 1. The Bertz CT molecular complexity index is 407. The molecule has 1 aromatic carbocycles. The van der Waals surface area contributed by atoms with E-state index in [2.05, 4.69) is 6.58 Å². The van der Waals surface area contributed by atoms with Gasteiger partial charge in [-0.1, -0.05) is 18.2 Å². The lowest BCUT2D eigenvalue weighted by Crippen LogP contribution is -2.09. The standard InChI is InChI=1S/C13H14O2/c1-3-4-5-11-10-7-6-9(2)8-12(10)15-13(11)14/h3,6-8,11H,1,4-5H2,2H3/t11-/m1/s1. The molecule has 0 saturated heterocycles. The third-order valence-corrected chi connectivity index (χ3v) is 2.70. The molecule has 1 atom stereocenters. The van der Waals surface area contributed by atoms with E-state index >= 15 is 0 Å². The van der Waals surface area contributed by atoms with Crippen LogP contribution in [0.15, 0.2) is 30.9 Å². The molecule has 78 valence electrons. The monoisotopic (exact) mass is 202 g/mol. The highest BCUT2D eigenvalue weighted by Gasteiger charge is 2.32. The molecule has 0 bridgehead atoms. The van der Waals surface area contributed by atoms with E-state index in [1.165, 1.54) is 0 Å². The van der Waals surface area contributed by atoms with Gasteiger partial charge in [-0.15, -0.1) is 6.58 Å². The van der Waals surface area contributed by atoms with Crippen LogP contribution in [0.4, 0.5) is 0 Å². The van der Waals surface area contributed by atoms with Crippen molar-refractivity contribution in [2.24, 2.45) is 0 Å². The van der Waals surface area contributed by atoms with Crippen LogP contribution in [-0.4, -0.2) is 5.97 Å². The molecule has 2 nitrogen and oxygen atoms in total. The van der Waals surface area contributed by atoms with Crippen LogP contribution >= 0.6 is 0 Å². The Hall–Kier alpha value is -1.57. The van der Waals surface area contributed by atoms with Gasteiger partial charge in [-0.2, -0.15) is 0 Å². The largest absolute Gasteiger partial charge is 0.426 e. The zero-order valence-corrected chi connectivity index (χ0v) is 8.82. The van der Waals surface area contributed by atoms with Crippen LogP contribution < -0.4 is 4.74 Å². The average molecular weight is 202 g/mol. The molecule has 15 heavy (non-hydrogen) atoms. The second-order valence-electron chi connectivity index (χ2n) is 3.88. The van der Waals surface area contributed by atoms with Crippen LogP contribution in [0.3, 0.4) is 0 Å². The molecular formula is C13H14O2. The van der Waals surface area contributed by atoms with Crippen LogP contribution in [0.1, 0.15) is 29.9 Å². The number of allylic oxidation sites excluding steroid dienone is 1. The van der Waals surface area contributed by atoms with E-state index in [1.54, 1.807) is 0 Å². The van der Waals surface area contributed by atoms with Gasteiger partial charge in [0.05, 0.1) is 5.92 Å². The van der Waals surface area contributed by atoms with Gasteiger partial charge in [-0.05, 0) is 31.4 Å². The van der Waals surface area contributed by atoms with Gasteiger partial charge in [-0.3, -0.25) is 4.79 Å². The number of carbonyl (C=O) groups is 1. The summed E-state index contributed by atoms with van der Waals surface area (Å²) < 4.78 is 5.22. The highest BCUT2D eigenvalue weighted by atomic mass is 16.5. The summed E-state index contributed by atoms with van der Waals surface area (Å²) in [6, 6.07) is 5.92. The van der Waals surface area contributed by atoms with Crippen LogP contribution in [0.5, 0.6) is 5.75 Å². The summed E-state index contributed by atoms with van der Waals surface area (Å²) in [7, 11) is 0. The van der Waals surface area contributed by atoms with Crippen molar-refractivity contribution < 1.29 is 9.53 Å². The van der Waals surface area contributed by atoms with Crippen molar-refractivity contribution >= 4 is 5.97 Å². The molecule has 1 aliphatic heterocycles. The van der Waals surface area contributed by atoms with Crippen LogP contribution in [0, 0.1) is 6.92 Å². The molecule has 0 unspecified atom stereocenters. The highest BCUT2D eigenvalue weighted by molar-refractivity contribution is 5.86. The van der Waals surface area contributed by atoms with Crippen LogP contribution in [0.25, 0.3) is 0 Å². The Kier molecular flexibility index (Phi) is 2.58. The summed E-state index contributed by atoms with van der Waals surface area (Å²) in [4.78, 5) is 11.6. The number of hydrogen-bond donors (Lipinski definition) is 0. The van der Waals surface area contributed by atoms with Crippen molar-refractivity contribution in [3.63, 3.8) is 0 Å². The minimum absolute atomic E-state index is 0.0985. The number of aryl methyl sites for hydroxylation is 1. The SMILES string of the molecule is C=CCC[C@H]1C(=O)Oc2cc(C)ccc21. The van der Waals surface area contributed by atoms with Crippen molar-refractivity contribution in [1.29, 1.82) is 0 Å². The van der Waals surface area contributed by atoms with E-state index in [-0.39, 0.29) is 11.9 Å². The van der Waals surface area contributed by atoms with Gasteiger partial charge >= 0.3 is 5.97 Å². The summed E-state index contributed by atoms with van der Waals surface area (Å²) in [6.45, 7) is 5.66. The summed E-state index contributed by atoms with van der Waals surface area (Å²) in [5, 5.41) is 0. The summed E-state index contributed by atoms with van der Waals surface area (Å²) in [5.41, 5.74) is 2.14. The van der Waals surface area contributed by atoms with Crippen LogP contribution in [-0.2, 0) is 4.79 Å². The predicted octanol–water partition coefficient (Wildman–Crippen LogP) is 2.96. The summed E-state index contributed by atoms with van der Waals surface area (Å²) in [6.07, 6.45) is 3.46. The molecule has 2 rings (SSSR count). The molecule has 0 fully saturated rings. The Morgan fingerprint density at radius 2 is 2.33 bits per heavy atom. The lowest BCUT2D eigenvalue weighted by atomic mass is 9.95. The van der Waals surface area contributed by atoms with Crippen molar-refractivity contribution in [3.8, 4) is 5.75 Å². The van der Waals surface area contributed by atoms with E-state index in [4.69, 9.17) is 4.74 Å². The fraction of sp³-hybridized carbons (Fsp3) is 0.308. The molecule has 0 radical (unpaired) electrons. The molecule has 0 spiro atoms. The first kappa shape index (κ1) is 9.97. The number of esters is 1. The second-order valence-corrected chi connectivity index (χ2v) is 3.88. The van der Waals surface area contributed by atoms with Crippen molar-refractivity contribution in [2.45, 2.75) is 25.7 Å². The minimum Gasteiger partial charge on any atom is -0.426 e. The van der Waals surface area contributed by atoms with Crippen LogP contribution in [0.2, 0.25) is 0 Å². The number of hydrogen-bond acceptors (Lipinski definition) is 2. The average Bonchev–Trinajstić information content (AvgIpc) is 2.50. The van der Waals surface area contributed by atoms with Gasteiger partial charge in [0.15, 0.2) is 0 Å². The lowest BCUT2D eigenvalue weighted by Gasteiger charge is -2.04. The zero-order chi connectivity index (χ0) is 10.8. The van der Waals surface area contributed by atoms with E-state index in [9.17, 15) is 4.79 Å². The van der Waals surface area contributed by atoms with E-state index in [1.807, 2.05) is 31.2 Å². The fourth-order valence-corrected chi connectivity index (χ4v) is 1.88. The van der Waals surface area contributed by atoms with E-state index < -0.39 is 0 Å². The topological polar surface area (TPSA) is 26.3 Å². The molecule has 2 heteroatoms. The van der Waals surface area contributed by atoms with Gasteiger partial charge in [0, 0.05) is 5.56 Å². The predicted molar refractivity (Wildman–Crippen MR) is 59.0 cm³/mol.